The summed E-state index contributed by atoms with van der Waals surface area (Å²) in [5.41, 5.74) is 3.62. The highest BCUT2D eigenvalue weighted by Crippen LogP contribution is 2.28. The van der Waals surface area contributed by atoms with Gasteiger partial charge < -0.3 is 9.64 Å². The summed E-state index contributed by atoms with van der Waals surface area (Å²) < 4.78 is 5.90. The minimum atomic E-state index is 0.00755. The van der Waals surface area contributed by atoms with Crippen LogP contribution in [0.1, 0.15) is 27.3 Å². The molecule has 0 radical (unpaired) electrons. The van der Waals surface area contributed by atoms with Crippen LogP contribution in [0, 0.1) is 13.8 Å². The van der Waals surface area contributed by atoms with Crippen LogP contribution in [0.4, 0.5) is 0 Å². The fourth-order valence-corrected chi connectivity index (χ4v) is 2.92. The van der Waals surface area contributed by atoms with Gasteiger partial charge >= 0.3 is 0 Å². The Kier molecular flexibility index (Phi) is 3.84. The molecule has 1 amide bonds. The Morgan fingerprint density at radius 1 is 1.27 bits per heavy atom. The van der Waals surface area contributed by atoms with E-state index in [-0.39, 0.29) is 12.0 Å². The maximum absolute atomic E-state index is 12.6. The average Bonchev–Trinajstić information content (AvgIpc) is 2.87. The monoisotopic (exact) mass is 296 g/mol. The second-order valence-corrected chi connectivity index (χ2v) is 5.88. The molecule has 22 heavy (non-hydrogen) atoms. The minimum Gasteiger partial charge on any atom is -0.488 e. The maximum Gasteiger partial charge on any atom is 0.253 e. The average molecular weight is 296 g/mol. The van der Waals surface area contributed by atoms with Gasteiger partial charge in [-0.05, 0) is 37.6 Å². The molecule has 2 aromatic rings. The van der Waals surface area contributed by atoms with E-state index in [1.54, 1.807) is 4.90 Å². The first-order valence-corrected chi connectivity index (χ1v) is 7.48. The molecule has 0 saturated heterocycles. The highest BCUT2D eigenvalue weighted by atomic mass is 16.5. The number of pyridine rings is 1. The van der Waals surface area contributed by atoms with E-state index in [0.717, 1.165) is 23.6 Å². The summed E-state index contributed by atoms with van der Waals surface area (Å²) in [5.74, 6) is 0.942. The van der Waals surface area contributed by atoms with Gasteiger partial charge in [-0.15, -0.1) is 0 Å². The number of likely N-dealkylation sites (N-methyl/N-ethyl adjacent to an activating group) is 1. The van der Waals surface area contributed by atoms with Crippen LogP contribution in [-0.2, 0) is 6.42 Å². The third kappa shape index (κ3) is 2.96. The second kappa shape index (κ2) is 5.79. The number of aromatic nitrogens is 1. The molecule has 0 N–H and O–H groups in total. The van der Waals surface area contributed by atoms with E-state index in [9.17, 15) is 4.79 Å². The largest absolute Gasteiger partial charge is 0.488 e. The van der Waals surface area contributed by atoms with Crippen molar-refractivity contribution in [3.8, 4) is 5.75 Å². The lowest BCUT2D eigenvalue weighted by molar-refractivity contribution is 0.0730. The molecule has 0 aliphatic carbocycles. The van der Waals surface area contributed by atoms with E-state index in [0.29, 0.717) is 12.1 Å². The fourth-order valence-electron chi connectivity index (χ4n) is 2.92. The molecule has 0 fully saturated rings. The van der Waals surface area contributed by atoms with Crippen molar-refractivity contribution in [3.63, 3.8) is 0 Å². The first kappa shape index (κ1) is 14.6. The molecule has 1 aliphatic heterocycles. The number of fused-ring (bicyclic) bond motifs is 1. The topological polar surface area (TPSA) is 42.4 Å². The third-order valence-electron chi connectivity index (χ3n) is 3.87. The SMILES string of the molecule is Cc1cc(C(=O)N(C)C[C@H]2Cc3ccccc3O2)cc(C)n1. The zero-order valence-electron chi connectivity index (χ0n) is 13.2. The first-order chi connectivity index (χ1) is 10.5. The van der Waals surface area contributed by atoms with Crippen LogP contribution < -0.4 is 4.74 Å². The Labute approximate surface area is 130 Å². The predicted molar refractivity (Wildman–Crippen MR) is 85.2 cm³/mol. The van der Waals surface area contributed by atoms with Gasteiger partial charge in [0.15, 0.2) is 0 Å². The van der Waals surface area contributed by atoms with Gasteiger partial charge in [0, 0.05) is 30.4 Å². The van der Waals surface area contributed by atoms with Crippen LogP contribution in [-0.4, -0.2) is 35.5 Å². The molecule has 3 rings (SSSR count). The van der Waals surface area contributed by atoms with Crippen LogP contribution in [0.2, 0.25) is 0 Å². The van der Waals surface area contributed by atoms with Gasteiger partial charge in [0.05, 0.1) is 6.54 Å². The van der Waals surface area contributed by atoms with Gasteiger partial charge in [-0.1, -0.05) is 18.2 Å². The molecule has 2 heterocycles. The van der Waals surface area contributed by atoms with Crippen molar-refractivity contribution >= 4 is 5.91 Å². The lowest BCUT2D eigenvalue weighted by Crippen LogP contribution is -2.36. The van der Waals surface area contributed by atoms with E-state index in [2.05, 4.69) is 11.1 Å². The highest BCUT2D eigenvalue weighted by molar-refractivity contribution is 5.94. The molecule has 0 bridgehead atoms. The van der Waals surface area contributed by atoms with E-state index in [1.165, 1.54) is 5.56 Å². The van der Waals surface area contributed by atoms with Crippen molar-refractivity contribution in [3.05, 3.63) is 58.9 Å². The van der Waals surface area contributed by atoms with E-state index in [1.807, 2.05) is 51.2 Å². The smallest absolute Gasteiger partial charge is 0.253 e. The summed E-state index contributed by atoms with van der Waals surface area (Å²) in [6, 6.07) is 11.7. The number of carbonyl (C=O) groups excluding carboxylic acids is 1. The molecular formula is C18H20N2O2. The van der Waals surface area contributed by atoms with Crippen molar-refractivity contribution in [1.29, 1.82) is 0 Å². The van der Waals surface area contributed by atoms with E-state index < -0.39 is 0 Å². The lowest BCUT2D eigenvalue weighted by Gasteiger charge is -2.21. The van der Waals surface area contributed by atoms with Crippen molar-refractivity contribution in [1.82, 2.24) is 9.88 Å². The van der Waals surface area contributed by atoms with Gasteiger partial charge in [-0.25, -0.2) is 0 Å². The van der Waals surface area contributed by atoms with Gasteiger partial charge in [0.2, 0.25) is 0 Å². The summed E-state index contributed by atoms with van der Waals surface area (Å²) in [4.78, 5) is 18.6. The number of amides is 1. The van der Waals surface area contributed by atoms with Gasteiger partial charge in [0.25, 0.3) is 5.91 Å². The Bertz CT molecular complexity index is 667. The number of rotatable bonds is 3. The van der Waals surface area contributed by atoms with Crippen molar-refractivity contribution in [2.45, 2.75) is 26.4 Å². The molecule has 4 nitrogen and oxygen atoms in total. The molecule has 1 aromatic heterocycles. The second-order valence-electron chi connectivity index (χ2n) is 5.88. The Morgan fingerprint density at radius 2 is 1.95 bits per heavy atom. The molecule has 1 aliphatic rings. The first-order valence-electron chi connectivity index (χ1n) is 7.48. The molecule has 1 aromatic carbocycles. The Balaban J connectivity index is 1.68. The number of benzene rings is 1. The van der Waals surface area contributed by atoms with Crippen LogP contribution in [0.25, 0.3) is 0 Å². The number of ether oxygens (including phenoxy) is 1. The number of carbonyl (C=O) groups is 1. The van der Waals surface area contributed by atoms with E-state index >= 15 is 0 Å². The number of hydrogen-bond acceptors (Lipinski definition) is 3. The third-order valence-corrected chi connectivity index (χ3v) is 3.87. The Morgan fingerprint density at radius 3 is 2.64 bits per heavy atom. The summed E-state index contributed by atoms with van der Waals surface area (Å²) in [7, 11) is 1.82. The van der Waals surface area contributed by atoms with Gasteiger partial charge in [0.1, 0.15) is 11.9 Å². The van der Waals surface area contributed by atoms with Crippen molar-refractivity contribution < 1.29 is 9.53 Å². The summed E-state index contributed by atoms with van der Waals surface area (Å²) >= 11 is 0. The van der Waals surface area contributed by atoms with Crippen molar-refractivity contribution in [2.24, 2.45) is 0 Å². The number of para-hydroxylation sites is 1. The van der Waals surface area contributed by atoms with Gasteiger partial charge in [-0.3, -0.25) is 9.78 Å². The van der Waals surface area contributed by atoms with Crippen LogP contribution in [0.15, 0.2) is 36.4 Å². The minimum absolute atomic E-state index is 0.00755. The summed E-state index contributed by atoms with van der Waals surface area (Å²) in [6.07, 6.45) is 0.873. The molecule has 0 unspecified atom stereocenters. The molecule has 0 saturated carbocycles. The van der Waals surface area contributed by atoms with Crippen LogP contribution in [0.3, 0.4) is 0 Å². The number of hydrogen-bond donors (Lipinski definition) is 0. The predicted octanol–water partition coefficient (Wildman–Crippen LogP) is 2.77. The summed E-state index contributed by atoms with van der Waals surface area (Å²) in [5, 5.41) is 0. The molecule has 4 heteroatoms. The number of aryl methyl sites for hydroxylation is 2. The van der Waals surface area contributed by atoms with Crippen molar-refractivity contribution in [2.75, 3.05) is 13.6 Å². The lowest BCUT2D eigenvalue weighted by atomic mass is 10.1. The molecule has 1 atom stereocenters. The highest BCUT2D eigenvalue weighted by Gasteiger charge is 2.25. The van der Waals surface area contributed by atoms with Crippen LogP contribution >= 0.6 is 0 Å². The fraction of sp³-hybridized carbons (Fsp3) is 0.333. The van der Waals surface area contributed by atoms with Gasteiger partial charge in [-0.2, -0.15) is 0 Å². The normalized spacial score (nSPS) is 16.0. The standard InChI is InChI=1S/C18H20N2O2/c1-12-8-15(9-13(2)19-12)18(21)20(3)11-16-10-14-6-4-5-7-17(14)22-16/h4-9,16H,10-11H2,1-3H3/t16-/m1/s1. The van der Waals surface area contributed by atoms with Crippen LogP contribution in [0.5, 0.6) is 5.75 Å². The quantitative estimate of drug-likeness (QED) is 0.874. The Hall–Kier alpha value is -2.36. The molecular weight excluding hydrogens is 276 g/mol. The maximum atomic E-state index is 12.6. The zero-order chi connectivity index (χ0) is 15.7. The summed E-state index contributed by atoms with van der Waals surface area (Å²) in [6.45, 7) is 4.38. The zero-order valence-corrected chi connectivity index (χ0v) is 13.2. The molecule has 0 spiro atoms. The molecule has 114 valence electrons. The van der Waals surface area contributed by atoms with E-state index in [4.69, 9.17) is 4.74 Å². The number of nitrogens with zero attached hydrogens (tertiary/aromatic N) is 2.